The molecule has 42 heavy (non-hydrogen) atoms. The van der Waals surface area contributed by atoms with Gasteiger partial charge in [0.05, 0.1) is 31.8 Å². The van der Waals surface area contributed by atoms with Gasteiger partial charge in [-0.1, -0.05) is 0 Å². The molecule has 0 saturated heterocycles. The summed E-state index contributed by atoms with van der Waals surface area (Å²) in [7, 11) is -4.73. The molecule has 2 aromatic carbocycles. The van der Waals surface area contributed by atoms with Crippen LogP contribution in [0.25, 0.3) is 0 Å². The number of nitrogen functional groups attached to an aromatic ring is 1. The minimum Gasteiger partial charge on any atom is -0.467 e. The minimum absolute atomic E-state index is 0.0498. The van der Waals surface area contributed by atoms with Crippen molar-refractivity contribution in [2.45, 2.75) is 16.7 Å². The highest BCUT2D eigenvalue weighted by atomic mass is 127. The number of nitrogens with one attached hydrogen (secondary N) is 3. The molecule has 20 heteroatoms. The second-order valence-corrected chi connectivity index (χ2v) is 12.1. The van der Waals surface area contributed by atoms with E-state index in [0.717, 1.165) is 14.2 Å². The Labute approximate surface area is 253 Å². The van der Waals surface area contributed by atoms with E-state index in [9.17, 15) is 31.2 Å². The van der Waals surface area contributed by atoms with Gasteiger partial charge in [-0.15, -0.1) is 0 Å². The Bertz CT molecular complexity index is 1690. The zero-order chi connectivity index (χ0) is 31.7. The van der Waals surface area contributed by atoms with E-state index < -0.39 is 43.0 Å². The fraction of sp³-hybridized carbons (Fsp3) is 0.182. The van der Waals surface area contributed by atoms with Gasteiger partial charge >= 0.3 is 24.1 Å². The Kier molecular flexibility index (Phi) is 11.7. The number of esters is 1. The van der Waals surface area contributed by atoms with Crippen LogP contribution in [0.5, 0.6) is 6.01 Å². The van der Waals surface area contributed by atoms with E-state index in [1.807, 2.05) is 22.6 Å². The molecule has 0 aliphatic rings. The van der Waals surface area contributed by atoms with Crippen LogP contribution in [0.2, 0.25) is 0 Å². The predicted octanol–water partition coefficient (Wildman–Crippen LogP) is 1.40. The van der Waals surface area contributed by atoms with Crippen LogP contribution in [-0.2, 0) is 29.5 Å². The molecule has 0 aliphatic carbocycles. The summed E-state index contributed by atoms with van der Waals surface area (Å²) in [5.41, 5.74) is 5.62. The normalized spacial score (nSPS) is 10.8. The van der Waals surface area contributed by atoms with Crippen molar-refractivity contribution in [3.05, 3.63) is 57.4 Å². The van der Waals surface area contributed by atoms with Gasteiger partial charge in [-0.3, -0.25) is 5.32 Å². The first-order chi connectivity index (χ1) is 19.6. The lowest BCUT2D eigenvalue weighted by atomic mass is 10.2. The maximum Gasteiger partial charge on any atom is 0.420 e. The van der Waals surface area contributed by atoms with Crippen LogP contribution >= 0.6 is 22.6 Å². The quantitative estimate of drug-likeness (QED) is 0.152. The summed E-state index contributed by atoms with van der Waals surface area (Å²) in [5.74, 6) is -0.807. The third kappa shape index (κ3) is 9.66. The van der Waals surface area contributed by atoms with Crippen LogP contribution in [0.15, 0.2) is 52.3 Å². The van der Waals surface area contributed by atoms with E-state index in [1.54, 1.807) is 16.4 Å². The standard InChI is InChI=1S/C14H14IN5O6S.C8H10N2O4S/c1-7-16-12(19-14(17-7)26-3)18-13(22)20-27(23,24)10-6-8(15)4-5-9(10)11(21)25-2;1-14-8(11)10-15(12,13)7-4-2-6(9)3-5-7/h4-6H,1-3H3,(H2,16,17,18,19,20,22);2-5H,9H2,1H3,(H,10,11). The highest BCUT2D eigenvalue weighted by molar-refractivity contribution is 14.1. The Morgan fingerprint density at radius 1 is 0.857 bits per heavy atom. The third-order valence-electron chi connectivity index (χ3n) is 4.59. The Morgan fingerprint density at radius 3 is 2.07 bits per heavy atom. The predicted molar refractivity (Wildman–Crippen MR) is 155 cm³/mol. The molecule has 0 fully saturated rings. The number of nitrogens with zero attached hydrogens (tertiary/aromatic N) is 3. The molecule has 17 nitrogen and oxygen atoms in total. The number of hydrogen-bond acceptors (Lipinski definition) is 14. The molecule has 3 rings (SSSR count). The Balaban J connectivity index is 0.000000347. The molecule has 0 unspecified atom stereocenters. The summed E-state index contributed by atoms with van der Waals surface area (Å²) >= 11 is 1.88. The Morgan fingerprint density at radius 2 is 1.50 bits per heavy atom. The van der Waals surface area contributed by atoms with Gasteiger partial charge in [-0.25, -0.2) is 40.7 Å². The molecule has 5 N–H and O–H groups in total. The fourth-order valence-electron chi connectivity index (χ4n) is 2.76. The zero-order valence-corrected chi connectivity index (χ0v) is 26.0. The maximum absolute atomic E-state index is 12.6. The van der Waals surface area contributed by atoms with Crippen LogP contribution in [0.1, 0.15) is 16.2 Å². The van der Waals surface area contributed by atoms with Crippen molar-refractivity contribution in [1.29, 1.82) is 0 Å². The average molecular weight is 738 g/mol. The average Bonchev–Trinajstić information content (AvgIpc) is 2.92. The van der Waals surface area contributed by atoms with Crippen molar-refractivity contribution in [3.8, 4) is 6.01 Å². The van der Waals surface area contributed by atoms with Crippen molar-refractivity contribution in [1.82, 2.24) is 24.4 Å². The van der Waals surface area contributed by atoms with Gasteiger partial charge in [0.1, 0.15) is 10.7 Å². The molecule has 0 bridgehead atoms. The van der Waals surface area contributed by atoms with E-state index in [2.05, 4.69) is 29.7 Å². The maximum atomic E-state index is 12.6. The molecule has 226 valence electrons. The number of hydrogen-bond donors (Lipinski definition) is 4. The molecule has 0 atom stereocenters. The van der Waals surface area contributed by atoms with Crippen molar-refractivity contribution < 1.29 is 45.4 Å². The number of nitrogens with two attached hydrogens (primary N) is 1. The SMILES string of the molecule is COC(=O)NS(=O)(=O)c1ccc(N)cc1.COC(=O)c1ccc(I)cc1S(=O)(=O)NC(=O)Nc1nc(C)nc(OC)n1. The summed E-state index contributed by atoms with van der Waals surface area (Å²) in [6, 6.07) is 8.31. The van der Waals surface area contributed by atoms with Gasteiger partial charge in [0.15, 0.2) is 0 Å². The summed E-state index contributed by atoms with van der Waals surface area (Å²) in [5, 5.41) is 2.17. The van der Waals surface area contributed by atoms with E-state index in [-0.39, 0.29) is 28.2 Å². The lowest BCUT2D eigenvalue weighted by molar-refractivity contribution is 0.0596. The summed E-state index contributed by atoms with van der Waals surface area (Å²) in [6.07, 6.45) is -1.04. The number of aryl methyl sites for hydroxylation is 1. The molecular formula is C22H24IN7O10S2. The Hall–Kier alpha value is -4.31. The number of sulfonamides is 2. The molecule has 0 radical (unpaired) electrons. The van der Waals surface area contributed by atoms with Crippen molar-refractivity contribution in [2.24, 2.45) is 0 Å². The number of anilines is 2. The van der Waals surface area contributed by atoms with Crippen LogP contribution in [-0.4, -0.2) is 71.2 Å². The van der Waals surface area contributed by atoms with Crippen LogP contribution in [0.4, 0.5) is 21.2 Å². The lowest BCUT2D eigenvalue weighted by Crippen LogP contribution is -2.35. The van der Waals surface area contributed by atoms with Crippen molar-refractivity contribution in [2.75, 3.05) is 32.4 Å². The van der Waals surface area contributed by atoms with Crippen LogP contribution in [0.3, 0.4) is 0 Å². The van der Waals surface area contributed by atoms with Crippen molar-refractivity contribution >= 4 is 72.4 Å². The molecular weight excluding hydrogens is 713 g/mol. The monoisotopic (exact) mass is 737 g/mol. The highest BCUT2D eigenvalue weighted by Crippen LogP contribution is 2.20. The second kappa shape index (κ2) is 14.5. The van der Waals surface area contributed by atoms with Crippen molar-refractivity contribution in [3.63, 3.8) is 0 Å². The first-order valence-electron chi connectivity index (χ1n) is 11.1. The number of carbonyl (C=O) groups is 3. The molecule has 1 aromatic heterocycles. The van der Waals surface area contributed by atoms with Crippen LogP contribution < -0.4 is 25.2 Å². The number of halogens is 1. The van der Waals surface area contributed by atoms with E-state index in [0.29, 0.717) is 9.26 Å². The first kappa shape index (κ1) is 33.9. The summed E-state index contributed by atoms with van der Waals surface area (Å²) < 4.78 is 65.7. The lowest BCUT2D eigenvalue weighted by Gasteiger charge is -2.11. The first-order valence-corrected chi connectivity index (χ1v) is 15.1. The molecule has 0 aliphatic heterocycles. The summed E-state index contributed by atoms with van der Waals surface area (Å²) in [6.45, 7) is 1.54. The highest BCUT2D eigenvalue weighted by Gasteiger charge is 2.26. The number of ether oxygens (including phenoxy) is 3. The van der Waals surface area contributed by atoms with E-state index in [4.69, 9.17) is 10.5 Å². The number of rotatable bonds is 7. The number of methoxy groups -OCH3 is 3. The number of aromatic nitrogens is 3. The van der Waals surface area contributed by atoms with Crippen LogP contribution in [0, 0.1) is 10.5 Å². The molecule has 3 aromatic rings. The second-order valence-electron chi connectivity index (χ2n) is 7.55. The number of benzene rings is 2. The molecule has 0 spiro atoms. The van der Waals surface area contributed by atoms with E-state index >= 15 is 0 Å². The number of amides is 3. The molecule has 3 amide bonds. The molecule has 0 saturated carbocycles. The zero-order valence-electron chi connectivity index (χ0n) is 22.2. The fourth-order valence-corrected chi connectivity index (χ4v) is 5.51. The smallest absolute Gasteiger partial charge is 0.420 e. The summed E-state index contributed by atoms with van der Waals surface area (Å²) in [4.78, 5) is 45.7. The minimum atomic E-state index is -4.38. The van der Waals surface area contributed by atoms with Gasteiger partial charge in [0.2, 0.25) is 5.95 Å². The topological polar surface area (TPSA) is 248 Å². The van der Waals surface area contributed by atoms with Gasteiger partial charge < -0.3 is 19.9 Å². The third-order valence-corrected chi connectivity index (χ3v) is 7.96. The molecule has 1 heterocycles. The van der Waals surface area contributed by atoms with E-state index in [1.165, 1.54) is 49.6 Å². The largest absolute Gasteiger partial charge is 0.467 e. The van der Waals surface area contributed by atoms with Gasteiger partial charge in [-0.2, -0.15) is 15.0 Å². The number of urea groups is 1. The van der Waals surface area contributed by atoms with Gasteiger partial charge in [-0.05, 0) is 72.0 Å². The van der Waals surface area contributed by atoms with Gasteiger partial charge in [0.25, 0.3) is 20.0 Å². The van der Waals surface area contributed by atoms with Gasteiger partial charge in [0, 0.05) is 9.26 Å². The number of carbonyl (C=O) groups excluding carboxylic acids is 3.